The summed E-state index contributed by atoms with van der Waals surface area (Å²) in [7, 11) is 1.99. The molecule has 3 aromatic carbocycles. The first-order valence-electron chi connectivity index (χ1n) is 13.9. The number of aromatic nitrogens is 1. The first-order valence-corrected chi connectivity index (χ1v) is 12.9. The Labute approximate surface area is 220 Å². The smallest absolute Gasteiger partial charge is 0.216 e. The molecule has 0 N–H and O–H groups in total. The Morgan fingerprint density at radius 3 is 2.32 bits per heavy atom. The summed E-state index contributed by atoms with van der Waals surface area (Å²) < 4.78 is 47.0. The molecule has 3 heterocycles. The summed E-state index contributed by atoms with van der Waals surface area (Å²) in [5.41, 5.74) is 7.12. The number of hydrogen-bond donors (Lipinski definition) is 0. The van der Waals surface area contributed by atoms with Gasteiger partial charge in [0.25, 0.3) is 0 Å². The van der Waals surface area contributed by atoms with Gasteiger partial charge in [-0.3, -0.25) is 0 Å². The number of halogens is 1. The average molecular weight is 497 g/mol. The van der Waals surface area contributed by atoms with Crippen molar-refractivity contribution in [2.24, 2.45) is 7.05 Å². The molecule has 1 saturated heterocycles. The molecule has 6 rings (SSSR count). The van der Waals surface area contributed by atoms with Crippen molar-refractivity contribution in [3.8, 4) is 22.4 Å². The number of pyridine rings is 1. The van der Waals surface area contributed by atoms with Crippen molar-refractivity contribution < 1.29 is 20.9 Å². The molecule has 188 valence electrons. The molecule has 1 aliphatic rings. The summed E-state index contributed by atoms with van der Waals surface area (Å²) in [6, 6.07) is 19.1. The van der Waals surface area contributed by atoms with Crippen molar-refractivity contribution in [1.82, 2.24) is 0 Å². The molecule has 0 radical (unpaired) electrons. The molecule has 5 aromatic rings. The second kappa shape index (κ2) is 9.42. The van der Waals surface area contributed by atoms with Crippen LogP contribution in [0.4, 0.5) is 4.39 Å². The third-order valence-electron chi connectivity index (χ3n) is 7.63. The zero-order valence-corrected chi connectivity index (χ0v) is 21.8. The number of rotatable bonds is 4. The van der Waals surface area contributed by atoms with Crippen LogP contribution in [0.15, 0.2) is 71.3 Å². The molecule has 0 spiro atoms. The van der Waals surface area contributed by atoms with E-state index in [1.165, 1.54) is 6.07 Å². The standard InChI is InChI=1S/C33H33FNO2/c1-20(2)25-13-16-35(4)29(19-25)30-21(3)5-10-26-27-11-12-28(34)31(33(27)37-32(26)30)24-8-6-22(7-9-24)23-14-17-36-18-15-23/h5-13,16,19-20,23H,14-15,17-18H2,1-4H3/q+1/i20D,23D. The van der Waals surface area contributed by atoms with E-state index in [2.05, 4.69) is 12.1 Å². The Kier molecular flexibility index (Phi) is 5.49. The van der Waals surface area contributed by atoms with Crippen molar-refractivity contribution in [3.63, 3.8) is 0 Å². The van der Waals surface area contributed by atoms with Crippen LogP contribution in [-0.4, -0.2) is 13.2 Å². The molecule has 2 aromatic heterocycles. The molecular formula is C33H33FNO2+. The lowest BCUT2D eigenvalue weighted by atomic mass is 9.90. The largest absolute Gasteiger partial charge is 0.454 e. The van der Waals surface area contributed by atoms with E-state index < -0.39 is 11.8 Å². The highest BCUT2D eigenvalue weighted by molar-refractivity contribution is 6.13. The zero-order chi connectivity index (χ0) is 27.5. The fourth-order valence-electron chi connectivity index (χ4n) is 5.47. The summed E-state index contributed by atoms with van der Waals surface area (Å²) in [6.07, 6.45) is 3.28. The van der Waals surface area contributed by atoms with E-state index in [-0.39, 0.29) is 5.82 Å². The van der Waals surface area contributed by atoms with Gasteiger partial charge in [0, 0.05) is 38.9 Å². The third kappa shape index (κ3) is 4.14. The Morgan fingerprint density at radius 1 is 0.946 bits per heavy atom. The van der Waals surface area contributed by atoms with Crippen LogP contribution in [0.3, 0.4) is 0 Å². The van der Waals surface area contributed by atoms with Gasteiger partial charge in [0.1, 0.15) is 24.0 Å². The number of hydrogen-bond acceptors (Lipinski definition) is 2. The van der Waals surface area contributed by atoms with Gasteiger partial charge in [-0.2, -0.15) is 0 Å². The van der Waals surface area contributed by atoms with Gasteiger partial charge in [0.05, 0.1) is 11.1 Å². The van der Waals surface area contributed by atoms with E-state index in [9.17, 15) is 0 Å². The monoisotopic (exact) mass is 496 g/mol. The molecule has 0 aliphatic carbocycles. The van der Waals surface area contributed by atoms with Crippen LogP contribution in [-0.2, 0) is 11.8 Å². The molecule has 0 bridgehead atoms. The van der Waals surface area contributed by atoms with Gasteiger partial charge in [-0.05, 0) is 65.9 Å². The maximum Gasteiger partial charge on any atom is 0.216 e. The van der Waals surface area contributed by atoms with Crippen LogP contribution in [0.25, 0.3) is 44.3 Å². The maximum absolute atomic E-state index is 15.5. The maximum atomic E-state index is 15.5. The van der Waals surface area contributed by atoms with Gasteiger partial charge in [-0.1, -0.05) is 50.2 Å². The highest BCUT2D eigenvalue weighted by Gasteiger charge is 2.24. The van der Waals surface area contributed by atoms with Crippen LogP contribution in [0, 0.1) is 12.7 Å². The van der Waals surface area contributed by atoms with Crippen LogP contribution < -0.4 is 4.57 Å². The van der Waals surface area contributed by atoms with Crippen LogP contribution >= 0.6 is 0 Å². The lowest BCUT2D eigenvalue weighted by Crippen LogP contribution is -2.31. The molecule has 0 atom stereocenters. The Hall–Kier alpha value is -3.50. The molecular weight excluding hydrogens is 461 g/mol. The second-order valence-electron chi connectivity index (χ2n) is 10.2. The predicted molar refractivity (Wildman–Crippen MR) is 147 cm³/mol. The van der Waals surface area contributed by atoms with Gasteiger partial charge in [-0.25, -0.2) is 8.96 Å². The molecule has 0 unspecified atom stereocenters. The minimum absolute atomic E-state index is 0.345. The first kappa shape index (κ1) is 21.6. The lowest BCUT2D eigenvalue weighted by molar-refractivity contribution is -0.660. The Bertz CT molecular complexity index is 1710. The number of nitrogens with zero attached hydrogens (tertiary/aromatic N) is 1. The molecule has 0 saturated carbocycles. The van der Waals surface area contributed by atoms with Crippen LogP contribution in [0.5, 0.6) is 0 Å². The number of fused-ring (bicyclic) bond motifs is 3. The number of furan rings is 1. The summed E-state index contributed by atoms with van der Waals surface area (Å²) >= 11 is 0. The van der Waals surface area contributed by atoms with Gasteiger partial charge in [0.2, 0.25) is 5.69 Å². The Balaban J connectivity index is 1.54. The fourth-order valence-corrected chi connectivity index (χ4v) is 5.47. The Morgan fingerprint density at radius 2 is 1.62 bits per heavy atom. The molecule has 37 heavy (non-hydrogen) atoms. The lowest BCUT2D eigenvalue weighted by Gasteiger charge is -2.22. The highest BCUT2D eigenvalue weighted by Crippen LogP contribution is 2.42. The number of aryl methyl sites for hydroxylation is 2. The predicted octanol–water partition coefficient (Wildman–Crippen LogP) is 8.21. The van der Waals surface area contributed by atoms with E-state index in [4.69, 9.17) is 11.9 Å². The number of ether oxygens (including phenoxy) is 1. The third-order valence-corrected chi connectivity index (χ3v) is 7.63. The molecule has 1 fully saturated rings. The quantitative estimate of drug-likeness (QED) is 0.234. The fraction of sp³-hybridized carbons (Fsp3) is 0.303. The van der Waals surface area contributed by atoms with E-state index in [1.807, 2.05) is 75.0 Å². The van der Waals surface area contributed by atoms with Crippen LogP contribution in [0.1, 0.15) is 57.9 Å². The molecule has 0 amide bonds. The van der Waals surface area contributed by atoms with Crippen molar-refractivity contribution in [3.05, 3.63) is 89.4 Å². The normalized spacial score (nSPS) is 16.7. The SMILES string of the molecule is [2H]C(C)(C)c1cc[n+](C)c(-c2c(C)ccc3c2oc2c(-c4ccc(C5([2H])CCOCC5)cc4)c(F)ccc23)c1. The van der Waals surface area contributed by atoms with E-state index >= 15 is 4.39 Å². The van der Waals surface area contributed by atoms with E-state index in [0.717, 1.165) is 44.3 Å². The second-order valence-corrected chi connectivity index (χ2v) is 10.2. The summed E-state index contributed by atoms with van der Waals surface area (Å²) in [4.78, 5) is 0. The van der Waals surface area contributed by atoms with Gasteiger partial charge >= 0.3 is 0 Å². The minimum atomic E-state index is -0.747. The van der Waals surface area contributed by atoms with Crippen molar-refractivity contribution in [2.45, 2.75) is 45.4 Å². The highest BCUT2D eigenvalue weighted by atomic mass is 19.1. The topological polar surface area (TPSA) is 26.2 Å². The summed E-state index contributed by atoms with van der Waals surface area (Å²) in [5, 5.41) is 1.78. The summed E-state index contributed by atoms with van der Waals surface area (Å²) in [6.45, 7) is 6.98. The summed E-state index contributed by atoms with van der Waals surface area (Å²) in [5.74, 6) is -1.77. The van der Waals surface area contributed by atoms with Gasteiger partial charge in [-0.15, -0.1) is 0 Å². The number of benzene rings is 3. The van der Waals surface area contributed by atoms with Crippen molar-refractivity contribution in [2.75, 3.05) is 13.2 Å². The average Bonchev–Trinajstić information content (AvgIpc) is 3.27. The zero-order valence-electron chi connectivity index (χ0n) is 23.8. The van der Waals surface area contributed by atoms with Crippen molar-refractivity contribution in [1.29, 1.82) is 0 Å². The van der Waals surface area contributed by atoms with E-state index in [0.29, 0.717) is 42.8 Å². The molecule has 1 aliphatic heterocycles. The van der Waals surface area contributed by atoms with Crippen LogP contribution in [0.2, 0.25) is 0 Å². The first-order chi connectivity index (χ1) is 18.6. The van der Waals surface area contributed by atoms with Crippen molar-refractivity contribution >= 4 is 21.9 Å². The van der Waals surface area contributed by atoms with E-state index in [1.54, 1.807) is 6.07 Å². The minimum Gasteiger partial charge on any atom is -0.454 e. The van der Waals surface area contributed by atoms with Gasteiger partial charge in [0.15, 0.2) is 6.20 Å². The molecule has 3 nitrogen and oxygen atoms in total. The molecule has 4 heteroatoms. The van der Waals surface area contributed by atoms with Gasteiger partial charge < -0.3 is 9.15 Å².